The van der Waals surface area contributed by atoms with E-state index in [-0.39, 0.29) is 5.56 Å². The molecule has 0 atom stereocenters. The lowest BCUT2D eigenvalue weighted by atomic mass is 10.0. The highest BCUT2D eigenvalue weighted by atomic mass is 19.3. The van der Waals surface area contributed by atoms with Gasteiger partial charge in [0.15, 0.2) is 0 Å². The summed E-state index contributed by atoms with van der Waals surface area (Å²) >= 11 is 0. The van der Waals surface area contributed by atoms with E-state index in [1.54, 1.807) is 12.1 Å². The van der Waals surface area contributed by atoms with Crippen molar-refractivity contribution in [3.63, 3.8) is 0 Å². The topological polar surface area (TPSA) is 3.24 Å². The van der Waals surface area contributed by atoms with Gasteiger partial charge in [-0.05, 0) is 23.3 Å². The number of alkyl halides is 2. The predicted octanol–water partition coefficient (Wildman–Crippen LogP) is 4.36. The predicted molar refractivity (Wildman–Crippen MR) is 71.2 cm³/mol. The third kappa shape index (κ3) is 2.67. The van der Waals surface area contributed by atoms with Crippen LogP contribution in [0.3, 0.4) is 0 Å². The standard InChI is InChI=1S/C15H15F2N/c1-18(2)14-9-7-12(8-10-14)11-3-5-13(6-4-11)15(16)17/h3-10,15H,1-2H3. The zero-order chi connectivity index (χ0) is 13.1. The molecule has 2 aromatic rings. The van der Waals surface area contributed by atoms with Crippen molar-refractivity contribution in [3.05, 3.63) is 54.1 Å². The second-order valence-corrected chi connectivity index (χ2v) is 4.36. The van der Waals surface area contributed by atoms with Crippen molar-refractivity contribution < 1.29 is 8.78 Å². The summed E-state index contributed by atoms with van der Waals surface area (Å²) in [5.74, 6) is 0. The van der Waals surface area contributed by atoms with Crippen LogP contribution in [0.4, 0.5) is 14.5 Å². The van der Waals surface area contributed by atoms with Crippen molar-refractivity contribution in [1.29, 1.82) is 0 Å². The molecule has 0 amide bonds. The molecule has 0 aliphatic heterocycles. The first-order chi connectivity index (χ1) is 8.58. The summed E-state index contributed by atoms with van der Waals surface area (Å²) in [5, 5.41) is 0. The number of anilines is 1. The van der Waals surface area contributed by atoms with Crippen molar-refractivity contribution in [2.75, 3.05) is 19.0 Å². The van der Waals surface area contributed by atoms with Crippen LogP contribution >= 0.6 is 0 Å². The number of rotatable bonds is 3. The number of hydrogen-bond acceptors (Lipinski definition) is 1. The molecule has 0 N–H and O–H groups in total. The van der Waals surface area contributed by atoms with Crippen molar-refractivity contribution in [2.45, 2.75) is 6.43 Å². The lowest BCUT2D eigenvalue weighted by molar-refractivity contribution is 0.151. The number of hydrogen-bond donors (Lipinski definition) is 0. The maximum atomic E-state index is 12.4. The van der Waals surface area contributed by atoms with Crippen molar-refractivity contribution >= 4 is 5.69 Å². The van der Waals surface area contributed by atoms with E-state index in [0.29, 0.717) is 0 Å². The maximum absolute atomic E-state index is 12.4. The van der Waals surface area contributed by atoms with E-state index in [0.717, 1.165) is 16.8 Å². The van der Waals surface area contributed by atoms with Gasteiger partial charge in [0.25, 0.3) is 6.43 Å². The minimum atomic E-state index is -2.41. The van der Waals surface area contributed by atoms with E-state index in [9.17, 15) is 8.78 Å². The van der Waals surface area contributed by atoms with Crippen LogP contribution < -0.4 is 4.90 Å². The molecule has 0 bridgehead atoms. The summed E-state index contributed by atoms with van der Waals surface area (Å²) < 4.78 is 24.9. The number of nitrogens with zero attached hydrogens (tertiary/aromatic N) is 1. The zero-order valence-electron chi connectivity index (χ0n) is 10.4. The molecule has 18 heavy (non-hydrogen) atoms. The molecule has 1 nitrogen and oxygen atoms in total. The quantitative estimate of drug-likeness (QED) is 0.779. The largest absolute Gasteiger partial charge is 0.378 e. The van der Waals surface area contributed by atoms with Gasteiger partial charge in [0.05, 0.1) is 0 Å². The molecule has 94 valence electrons. The molecule has 0 spiro atoms. The Balaban J connectivity index is 2.25. The van der Waals surface area contributed by atoms with E-state index in [2.05, 4.69) is 0 Å². The SMILES string of the molecule is CN(C)c1ccc(-c2ccc(C(F)F)cc2)cc1. The van der Waals surface area contributed by atoms with Gasteiger partial charge in [0.1, 0.15) is 0 Å². The molecule has 2 aromatic carbocycles. The van der Waals surface area contributed by atoms with Gasteiger partial charge in [-0.2, -0.15) is 0 Å². The third-order valence-corrected chi connectivity index (χ3v) is 2.88. The number of halogens is 2. The third-order valence-electron chi connectivity index (χ3n) is 2.88. The first-order valence-corrected chi connectivity index (χ1v) is 5.74. The molecule has 0 fully saturated rings. The molecule has 0 saturated carbocycles. The van der Waals surface area contributed by atoms with Crippen LogP contribution in [0.25, 0.3) is 11.1 Å². The Bertz CT molecular complexity index is 452. The fraction of sp³-hybridized carbons (Fsp3) is 0.200. The highest BCUT2D eigenvalue weighted by Gasteiger charge is 2.06. The highest BCUT2D eigenvalue weighted by Crippen LogP contribution is 2.25. The summed E-state index contributed by atoms with van der Waals surface area (Å²) in [6, 6.07) is 14.4. The second kappa shape index (κ2) is 5.17. The van der Waals surface area contributed by atoms with Gasteiger partial charge in [-0.15, -0.1) is 0 Å². The van der Waals surface area contributed by atoms with Crippen molar-refractivity contribution in [1.82, 2.24) is 0 Å². The van der Waals surface area contributed by atoms with E-state index in [1.807, 2.05) is 43.3 Å². The van der Waals surface area contributed by atoms with Crippen LogP contribution in [0.1, 0.15) is 12.0 Å². The Kier molecular flexibility index (Phi) is 3.60. The van der Waals surface area contributed by atoms with Crippen molar-refractivity contribution in [2.24, 2.45) is 0 Å². The van der Waals surface area contributed by atoms with Gasteiger partial charge in [-0.3, -0.25) is 0 Å². The smallest absolute Gasteiger partial charge is 0.263 e. The first kappa shape index (κ1) is 12.6. The van der Waals surface area contributed by atoms with Gasteiger partial charge in [-0.25, -0.2) is 8.78 Å². The Morgan fingerprint density at radius 3 is 1.61 bits per heavy atom. The van der Waals surface area contributed by atoms with Crippen LogP contribution in [-0.2, 0) is 0 Å². The summed E-state index contributed by atoms with van der Waals surface area (Å²) in [7, 11) is 3.96. The maximum Gasteiger partial charge on any atom is 0.263 e. The number of benzene rings is 2. The molecular formula is C15H15F2N. The minimum Gasteiger partial charge on any atom is -0.378 e. The Morgan fingerprint density at radius 1 is 0.778 bits per heavy atom. The Labute approximate surface area is 106 Å². The summed E-state index contributed by atoms with van der Waals surface area (Å²) in [6.07, 6.45) is -2.41. The van der Waals surface area contributed by atoms with Crippen molar-refractivity contribution in [3.8, 4) is 11.1 Å². The molecule has 2 rings (SSSR count). The average molecular weight is 247 g/mol. The lowest BCUT2D eigenvalue weighted by Crippen LogP contribution is -2.07. The van der Waals surface area contributed by atoms with E-state index >= 15 is 0 Å². The molecular weight excluding hydrogens is 232 g/mol. The molecule has 0 aromatic heterocycles. The monoisotopic (exact) mass is 247 g/mol. The zero-order valence-corrected chi connectivity index (χ0v) is 10.4. The molecule has 3 heteroatoms. The van der Waals surface area contributed by atoms with E-state index < -0.39 is 6.43 Å². The minimum absolute atomic E-state index is 0.0589. The molecule has 0 aliphatic carbocycles. The van der Waals surface area contributed by atoms with E-state index in [1.165, 1.54) is 12.1 Å². The van der Waals surface area contributed by atoms with Crippen LogP contribution in [-0.4, -0.2) is 14.1 Å². The summed E-state index contributed by atoms with van der Waals surface area (Å²) in [6.45, 7) is 0. The summed E-state index contributed by atoms with van der Waals surface area (Å²) in [4.78, 5) is 2.02. The summed E-state index contributed by atoms with van der Waals surface area (Å²) in [5.41, 5.74) is 3.15. The Hall–Kier alpha value is -1.90. The van der Waals surface area contributed by atoms with Gasteiger partial charge >= 0.3 is 0 Å². The van der Waals surface area contributed by atoms with Crippen LogP contribution in [0.5, 0.6) is 0 Å². The second-order valence-electron chi connectivity index (χ2n) is 4.36. The van der Waals surface area contributed by atoms with Gasteiger partial charge < -0.3 is 4.90 Å². The Morgan fingerprint density at radius 2 is 1.22 bits per heavy atom. The van der Waals surface area contributed by atoms with Crippen LogP contribution in [0.2, 0.25) is 0 Å². The van der Waals surface area contributed by atoms with Gasteiger partial charge in [-0.1, -0.05) is 36.4 Å². The highest BCUT2D eigenvalue weighted by molar-refractivity contribution is 5.66. The molecule has 0 radical (unpaired) electrons. The fourth-order valence-corrected chi connectivity index (χ4v) is 1.77. The molecule has 0 saturated heterocycles. The van der Waals surface area contributed by atoms with Crippen LogP contribution in [0.15, 0.2) is 48.5 Å². The van der Waals surface area contributed by atoms with Gasteiger partial charge in [0, 0.05) is 25.3 Å². The molecule has 0 unspecified atom stereocenters. The fourth-order valence-electron chi connectivity index (χ4n) is 1.77. The van der Waals surface area contributed by atoms with Crippen LogP contribution in [0, 0.1) is 0 Å². The van der Waals surface area contributed by atoms with Gasteiger partial charge in [0.2, 0.25) is 0 Å². The lowest BCUT2D eigenvalue weighted by Gasteiger charge is -2.12. The average Bonchev–Trinajstić information content (AvgIpc) is 2.39. The van der Waals surface area contributed by atoms with E-state index in [4.69, 9.17) is 0 Å². The molecule has 0 heterocycles. The normalized spacial score (nSPS) is 10.7. The first-order valence-electron chi connectivity index (χ1n) is 5.74. The molecule has 0 aliphatic rings.